The second-order valence-electron chi connectivity index (χ2n) is 9.17. The first-order valence-electron chi connectivity index (χ1n) is 12.5. The van der Waals surface area contributed by atoms with Gasteiger partial charge < -0.3 is 9.64 Å². The van der Waals surface area contributed by atoms with Crippen LogP contribution in [0.2, 0.25) is 0 Å². The lowest BCUT2D eigenvalue weighted by Crippen LogP contribution is -2.49. The van der Waals surface area contributed by atoms with Crippen LogP contribution in [0.5, 0.6) is 0 Å². The summed E-state index contributed by atoms with van der Waals surface area (Å²) in [6, 6.07) is 14.6. The minimum atomic E-state index is -4.46. The molecule has 0 amide bonds. The third kappa shape index (κ3) is 6.51. The molecule has 0 radical (unpaired) electrons. The van der Waals surface area contributed by atoms with Crippen molar-refractivity contribution in [2.45, 2.75) is 32.5 Å². The molecule has 0 N–H and O–H groups in total. The molecule has 1 aliphatic rings. The number of sulfonamides is 1. The highest BCUT2D eigenvalue weighted by molar-refractivity contribution is 7.89. The van der Waals surface area contributed by atoms with E-state index in [9.17, 15) is 21.6 Å². The third-order valence-electron chi connectivity index (χ3n) is 6.41. The van der Waals surface area contributed by atoms with E-state index in [1.165, 1.54) is 17.5 Å². The lowest BCUT2D eigenvalue weighted by Gasteiger charge is -2.36. The van der Waals surface area contributed by atoms with E-state index >= 15 is 0 Å². The number of hydrogen-bond donors (Lipinski definition) is 0. The van der Waals surface area contributed by atoms with E-state index < -0.39 is 21.8 Å². The molecule has 0 bridgehead atoms. The first-order valence-corrected chi connectivity index (χ1v) is 14.1. The van der Waals surface area contributed by atoms with Gasteiger partial charge in [-0.15, -0.1) is 0 Å². The summed E-state index contributed by atoms with van der Waals surface area (Å²) in [5, 5.41) is 0. The van der Waals surface area contributed by atoms with Crippen molar-refractivity contribution in [2.75, 3.05) is 43.9 Å². The maximum atomic E-state index is 13.4. The smallest absolute Gasteiger partial charge is 0.378 e. The van der Waals surface area contributed by atoms with Gasteiger partial charge in [-0.2, -0.15) is 17.5 Å². The van der Waals surface area contributed by atoms with Gasteiger partial charge in [-0.1, -0.05) is 55.5 Å². The molecule has 4 rings (SSSR count). The van der Waals surface area contributed by atoms with Crippen LogP contribution in [0.25, 0.3) is 11.4 Å². The van der Waals surface area contributed by atoms with Crippen molar-refractivity contribution in [1.82, 2.24) is 14.3 Å². The molecule has 0 unspecified atom stereocenters. The second-order valence-corrected chi connectivity index (χ2v) is 11.3. The van der Waals surface area contributed by atoms with E-state index in [0.717, 1.165) is 17.7 Å². The van der Waals surface area contributed by atoms with Crippen molar-refractivity contribution in [2.24, 2.45) is 0 Å². The minimum absolute atomic E-state index is 0.0947. The van der Waals surface area contributed by atoms with Gasteiger partial charge in [-0.25, -0.2) is 18.4 Å². The molecule has 0 saturated carbocycles. The maximum absolute atomic E-state index is 13.4. The van der Waals surface area contributed by atoms with E-state index in [-0.39, 0.29) is 18.8 Å². The fourth-order valence-electron chi connectivity index (χ4n) is 4.56. The predicted molar refractivity (Wildman–Crippen MR) is 140 cm³/mol. The number of hydrogen-bond acceptors (Lipinski definition) is 6. The van der Waals surface area contributed by atoms with Gasteiger partial charge in [-0.05, 0) is 18.1 Å². The van der Waals surface area contributed by atoms with Crippen molar-refractivity contribution >= 4 is 15.8 Å². The van der Waals surface area contributed by atoms with Crippen LogP contribution in [0.15, 0.2) is 54.6 Å². The number of methoxy groups -OCH3 is 1. The Bertz CT molecular complexity index is 1340. The number of nitrogens with zero attached hydrogens (tertiary/aromatic N) is 4. The van der Waals surface area contributed by atoms with Gasteiger partial charge in [0.05, 0.1) is 23.6 Å². The van der Waals surface area contributed by atoms with E-state index in [0.29, 0.717) is 61.1 Å². The Morgan fingerprint density at radius 3 is 2.32 bits per heavy atom. The van der Waals surface area contributed by atoms with E-state index in [1.54, 1.807) is 6.07 Å². The summed E-state index contributed by atoms with van der Waals surface area (Å²) < 4.78 is 72.3. The molecule has 38 heavy (non-hydrogen) atoms. The molecule has 1 saturated heterocycles. The zero-order chi connectivity index (χ0) is 27.3. The fourth-order valence-corrected chi connectivity index (χ4v) is 6.05. The normalized spacial score (nSPS) is 15.1. The van der Waals surface area contributed by atoms with Crippen LogP contribution in [-0.2, 0) is 34.0 Å². The molecule has 1 aliphatic heterocycles. The topological polar surface area (TPSA) is 75.6 Å². The van der Waals surface area contributed by atoms with Gasteiger partial charge in [0, 0.05) is 50.8 Å². The van der Waals surface area contributed by atoms with Gasteiger partial charge in [-0.3, -0.25) is 0 Å². The lowest BCUT2D eigenvalue weighted by molar-refractivity contribution is -0.137. The number of alkyl halides is 3. The minimum Gasteiger partial charge on any atom is -0.378 e. The van der Waals surface area contributed by atoms with Gasteiger partial charge >= 0.3 is 6.18 Å². The van der Waals surface area contributed by atoms with Crippen molar-refractivity contribution in [3.63, 3.8) is 0 Å². The lowest BCUT2D eigenvalue weighted by atomic mass is 10.0. The standard InChI is InChI=1S/C27H31F3N4O3S/c1-3-16-38(35,36)34-14-12-33(13-15-34)26-23(18-20-8-7-11-22(17-20)27(28,29)30)24(19-37-2)31-25(32-26)21-9-5-4-6-10-21/h4-11,17H,3,12-16,18-19H2,1-2H3. The Kier molecular flexibility index (Phi) is 8.69. The zero-order valence-electron chi connectivity index (χ0n) is 21.4. The van der Waals surface area contributed by atoms with E-state index in [2.05, 4.69) is 0 Å². The summed E-state index contributed by atoms with van der Waals surface area (Å²) in [5.74, 6) is 1.15. The molecule has 3 aromatic rings. The van der Waals surface area contributed by atoms with Crippen molar-refractivity contribution in [3.05, 3.63) is 77.0 Å². The predicted octanol–water partition coefficient (Wildman–Crippen LogP) is 4.76. The highest BCUT2D eigenvalue weighted by atomic mass is 32.2. The number of rotatable bonds is 9. The van der Waals surface area contributed by atoms with Crippen molar-refractivity contribution < 1.29 is 26.3 Å². The Hall–Kier alpha value is -3.02. The first kappa shape index (κ1) is 28.0. The highest BCUT2D eigenvalue weighted by Gasteiger charge is 2.31. The number of anilines is 1. The Balaban J connectivity index is 1.76. The summed E-state index contributed by atoms with van der Waals surface area (Å²) in [7, 11) is -1.80. The average Bonchev–Trinajstić information content (AvgIpc) is 2.90. The third-order valence-corrected chi connectivity index (χ3v) is 8.49. The average molecular weight is 549 g/mol. The number of aromatic nitrogens is 2. The van der Waals surface area contributed by atoms with Gasteiger partial charge in [0.2, 0.25) is 10.0 Å². The number of piperazine rings is 1. The van der Waals surface area contributed by atoms with Crippen LogP contribution in [0.1, 0.15) is 35.7 Å². The summed E-state index contributed by atoms with van der Waals surface area (Å²) in [4.78, 5) is 11.6. The number of halogens is 3. The molecule has 204 valence electrons. The van der Waals surface area contributed by atoms with Crippen LogP contribution in [0.3, 0.4) is 0 Å². The molecule has 0 aliphatic carbocycles. The zero-order valence-corrected chi connectivity index (χ0v) is 22.2. The van der Waals surface area contributed by atoms with Gasteiger partial charge in [0.1, 0.15) is 5.82 Å². The van der Waals surface area contributed by atoms with Crippen LogP contribution >= 0.6 is 0 Å². The Morgan fingerprint density at radius 1 is 0.974 bits per heavy atom. The molecule has 0 atom stereocenters. The van der Waals surface area contributed by atoms with Crippen LogP contribution in [0, 0.1) is 0 Å². The van der Waals surface area contributed by atoms with Crippen molar-refractivity contribution in [1.29, 1.82) is 0 Å². The number of ether oxygens (including phenoxy) is 1. The quantitative estimate of drug-likeness (QED) is 0.384. The monoisotopic (exact) mass is 548 g/mol. The largest absolute Gasteiger partial charge is 0.416 e. The van der Waals surface area contributed by atoms with E-state index in [1.807, 2.05) is 42.2 Å². The molecule has 2 heterocycles. The van der Waals surface area contributed by atoms with Crippen molar-refractivity contribution in [3.8, 4) is 11.4 Å². The first-order chi connectivity index (χ1) is 18.1. The van der Waals surface area contributed by atoms with Crippen LogP contribution < -0.4 is 4.90 Å². The van der Waals surface area contributed by atoms with Crippen LogP contribution in [-0.4, -0.2) is 61.7 Å². The summed E-state index contributed by atoms with van der Waals surface area (Å²) in [6.07, 6.45) is -3.75. The van der Waals surface area contributed by atoms with Crippen LogP contribution in [0.4, 0.5) is 19.0 Å². The molecule has 0 spiro atoms. The molecule has 2 aromatic carbocycles. The second kappa shape index (κ2) is 11.8. The van der Waals surface area contributed by atoms with Gasteiger partial charge in [0.25, 0.3) is 0 Å². The molecule has 1 fully saturated rings. The Morgan fingerprint density at radius 2 is 1.68 bits per heavy atom. The van der Waals surface area contributed by atoms with Gasteiger partial charge in [0.15, 0.2) is 5.82 Å². The number of benzene rings is 2. The molecule has 11 heteroatoms. The SMILES string of the molecule is CCCS(=O)(=O)N1CCN(c2nc(-c3ccccc3)nc(COC)c2Cc2cccc(C(F)(F)F)c2)CC1. The highest BCUT2D eigenvalue weighted by Crippen LogP contribution is 2.33. The molecule has 1 aromatic heterocycles. The maximum Gasteiger partial charge on any atom is 0.416 e. The van der Waals surface area contributed by atoms with E-state index in [4.69, 9.17) is 14.7 Å². The molecular formula is C27H31F3N4O3S. The Labute approximate surface area is 221 Å². The summed E-state index contributed by atoms with van der Waals surface area (Å²) in [5.41, 5.74) is 1.78. The summed E-state index contributed by atoms with van der Waals surface area (Å²) >= 11 is 0. The fraction of sp³-hybridized carbons (Fsp3) is 0.407. The molecule has 7 nitrogen and oxygen atoms in total. The molecular weight excluding hydrogens is 517 g/mol. The summed E-state index contributed by atoms with van der Waals surface area (Å²) in [6.45, 7) is 3.38.